The molecule has 5 heterocycles. The second-order valence-corrected chi connectivity index (χ2v) is 14.8. The first-order valence-electron chi connectivity index (χ1n) is 21.3. The van der Waals surface area contributed by atoms with E-state index in [1.165, 1.54) is 0 Å². The van der Waals surface area contributed by atoms with E-state index in [1.54, 1.807) is 30.3 Å². The van der Waals surface area contributed by atoms with Gasteiger partial charge in [0.15, 0.2) is 0 Å². The highest BCUT2D eigenvalue weighted by molar-refractivity contribution is 6.25. The van der Waals surface area contributed by atoms with Gasteiger partial charge < -0.3 is 44.6 Å². The van der Waals surface area contributed by atoms with E-state index in [0.717, 1.165) is 40.2 Å². The molecule has 0 spiro atoms. The quantitative estimate of drug-likeness (QED) is 0.0391. The standard InChI is InChI=1S/C44H52N10O10/c1-2-16-53-28-29(27-47-53)39-33-12-14-46-40(33)52-44(51-39)49-31-8-6-30(7-9-31)48-37(56)13-17-60-19-21-62-23-25-64-26-24-63-22-20-61-18-15-45-34-5-3-4-32-38(34)43(59)54(42(32)58)35-10-11-36(55)50-41(35)57/h3-9,12,14,27-28,35,45H,2,10-11,13,15-26H2,1H3,(H,48,56)(H,50,55,57)(H2,46,49,51,52). The molecule has 2 aliphatic heterocycles. The summed E-state index contributed by atoms with van der Waals surface area (Å²) in [6.07, 6.45) is 6.97. The Morgan fingerprint density at radius 3 is 2.20 bits per heavy atom. The highest BCUT2D eigenvalue weighted by atomic mass is 16.6. The van der Waals surface area contributed by atoms with Gasteiger partial charge in [0.1, 0.15) is 11.7 Å². The number of fused-ring (bicyclic) bond motifs is 2. The number of carbonyl (C=O) groups excluding carboxylic acids is 5. The number of aryl methyl sites for hydroxylation is 1. The predicted molar refractivity (Wildman–Crippen MR) is 234 cm³/mol. The second kappa shape index (κ2) is 22.7. The molecule has 5 N–H and O–H groups in total. The Labute approximate surface area is 368 Å². The Morgan fingerprint density at radius 2 is 1.50 bits per heavy atom. The van der Waals surface area contributed by atoms with Crippen molar-refractivity contribution < 1.29 is 47.7 Å². The number of hydrogen-bond donors (Lipinski definition) is 5. The average molecular weight is 881 g/mol. The number of nitrogens with one attached hydrogen (secondary N) is 5. The summed E-state index contributed by atoms with van der Waals surface area (Å²) >= 11 is 0. The highest BCUT2D eigenvalue weighted by Crippen LogP contribution is 2.32. The normalized spacial score (nSPS) is 14.9. The fourth-order valence-corrected chi connectivity index (χ4v) is 7.11. The minimum absolute atomic E-state index is 0.0575. The SMILES string of the molecule is CCCn1cc(-c2nc(Nc3ccc(NC(=O)CCOCCOCCOCCOCCOCCNc4cccc5c4C(=O)N(C4CCC(=O)NC4=O)C5=O)cc3)nc3[nH]ccc23)cn1. The Bertz CT molecular complexity index is 2400. The molecule has 0 saturated carbocycles. The topological polar surface area (TPSA) is 242 Å². The van der Waals surface area contributed by atoms with Crippen LogP contribution < -0.4 is 21.3 Å². The molecule has 2 aromatic carbocycles. The van der Waals surface area contributed by atoms with Crippen LogP contribution in [0, 0.1) is 0 Å². The first kappa shape index (κ1) is 45.4. The number of benzene rings is 2. The molecule has 1 saturated heterocycles. The number of anilines is 4. The second-order valence-electron chi connectivity index (χ2n) is 14.8. The predicted octanol–water partition coefficient (Wildman–Crippen LogP) is 3.90. The number of amides is 5. The molecule has 0 radical (unpaired) electrons. The molecule has 5 amide bonds. The summed E-state index contributed by atoms with van der Waals surface area (Å²) in [6.45, 7) is 6.89. The van der Waals surface area contributed by atoms with Crippen LogP contribution in [0.4, 0.5) is 23.0 Å². The Hall–Kier alpha value is -6.58. The van der Waals surface area contributed by atoms with E-state index >= 15 is 0 Å². The van der Waals surface area contributed by atoms with Gasteiger partial charge in [-0.25, -0.2) is 4.98 Å². The van der Waals surface area contributed by atoms with Crippen molar-refractivity contribution in [1.82, 2.24) is 34.9 Å². The van der Waals surface area contributed by atoms with Crippen molar-refractivity contribution in [2.45, 2.75) is 45.2 Å². The number of nitrogens with zero attached hydrogens (tertiary/aromatic N) is 5. The van der Waals surface area contributed by atoms with Crippen LogP contribution in [0.25, 0.3) is 22.3 Å². The number of imide groups is 2. The number of rotatable bonds is 26. The summed E-state index contributed by atoms with van der Waals surface area (Å²) in [5, 5.41) is 16.8. The third kappa shape index (κ3) is 11.9. The van der Waals surface area contributed by atoms with Crippen LogP contribution in [0.3, 0.4) is 0 Å². The van der Waals surface area contributed by atoms with Gasteiger partial charge in [-0.2, -0.15) is 10.1 Å². The number of H-pyrrole nitrogens is 1. The van der Waals surface area contributed by atoms with Crippen LogP contribution in [0.2, 0.25) is 0 Å². The van der Waals surface area contributed by atoms with E-state index in [2.05, 4.69) is 43.3 Å². The summed E-state index contributed by atoms with van der Waals surface area (Å²) in [7, 11) is 0. The first-order valence-corrected chi connectivity index (χ1v) is 21.3. The zero-order valence-electron chi connectivity index (χ0n) is 35.6. The summed E-state index contributed by atoms with van der Waals surface area (Å²) in [6, 6.07) is 13.1. The molecule has 64 heavy (non-hydrogen) atoms. The largest absolute Gasteiger partial charge is 0.382 e. The number of piperidine rings is 1. The van der Waals surface area contributed by atoms with Crippen molar-refractivity contribution in [2.75, 3.05) is 88.6 Å². The third-order valence-electron chi connectivity index (χ3n) is 10.2. The van der Waals surface area contributed by atoms with E-state index in [1.807, 2.05) is 41.5 Å². The Morgan fingerprint density at radius 1 is 0.812 bits per heavy atom. The number of aromatic nitrogens is 5. The molecule has 1 unspecified atom stereocenters. The Kier molecular flexibility index (Phi) is 16.1. The first-order chi connectivity index (χ1) is 31.3. The molecular weight excluding hydrogens is 829 g/mol. The van der Waals surface area contributed by atoms with E-state index in [-0.39, 0.29) is 42.9 Å². The van der Waals surface area contributed by atoms with Crippen LogP contribution >= 0.6 is 0 Å². The lowest BCUT2D eigenvalue weighted by Crippen LogP contribution is -2.54. The molecule has 5 aromatic rings. The van der Waals surface area contributed by atoms with Crippen molar-refractivity contribution in [3.8, 4) is 11.3 Å². The van der Waals surface area contributed by atoms with Crippen molar-refractivity contribution in [2.24, 2.45) is 0 Å². The van der Waals surface area contributed by atoms with Gasteiger partial charge in [0.25, 0.3) is 11.8 Å². The molecule has 0 bridgehead atoms. The molecule has 20 nitrogen and oxygen atoms in total. The lowest BCUT2D eigenvalue weighted by Gasteiger charge is -2.27. The fourth-order valence-electron chi connectivity index (χ4n) is 7.11. The van der Waals surface area contributed by atoms with E-state index in [4.69, 9.17) is 28.7 Å². The number of carbonyl (C=O) groups is 5. The smallest absolute Gasteiger partial charge is 0.264 e. The minimum Gasteiger partial charge on any atom is -0.382 e. The maximum atomic E-state index is 13.2. The number of aromatic amines is 1. The van der Waals surface area contributed by atoms with Gasteiger partial charge in [0, 0.05) is 59.9 Å². The summed E-state index contributed by atoms with van der Waals surface area (Å²) in [4.78, 5) is 76.1. The molecule has 7 rings (SSSR count). The van der Waals surface area contributed by atoms with Gasteiger partial charge in [-0.3, -0.25) is 38.9 Å². The Balaban J connectivity index is 0.672. The lowest BCUT2D eigenvalue weighted by atomic mass is 10.0. The van der Waals surface area contributed by atoms with Crippen LogP contribution in [-0.4, -0.2) is 138 Å². The lowest BCUT2D eigenvalue weighted by molar-refractivity contribution is -0.136. The van der Waals surface area contributed by atoms with E-state index < -0.39 is 29.7 Å². The van der Waals surface area contributed by atoms with Gasteiger partial charge in [-0.05, 0) is 55.3 Å². The van der Waals surface area contributed by atoms with Crippen LogP contribution in [0.5, 0.6) is 0 Å². The monoisotopic (exact) mass is 880 g/mol. The summed E-state index contributed by atoms with van der Waals surface area (Å²) < 4.78 is 29.7. The van der Waals surface area contributed by atoms with Crippen molar-refractivity contribution >= 4 is 63.6 Å². The van der Waals surface area contributed by atoms with Crippen LogP contribution in [0.15, 0.2) is 67.1 Å². The van der Waals surface area contributed by atoms with Crippen LogP contribution in [0.1, 0.15) is 53.3 Å². The van der Waals surface area contributed by atoms with Crippen molar-refractivity contribution in [3.05, 3.63) is 78.2 Å². The zero-order chi connectivity index (χ0) is 44.7. The molecule has 338 valence electrons. The molecule has 0 aliphatic carbocycles. The maximum Gasteiger partial charge on any atom is 0.264 e. The van der Waals surface area contributed by atoms with E-state index in [0.29, 0.717) is 89.0 Å². The molecule has 3 aromatic heterocycles. The average Bonchev–Trinajstić information content (AvgIpc) is 4.02. The van der Waals surface area contributed by atoms with Crippen molar-refractivity contribution in [3.63, 3.8) is 0 Å². The maximum absolute atomic E-state index is 13.2. The van der Waals surface area contributed by atoms with Gasteiger partial charge in [0.05, 0.1) is 95.5 Å². The molecule has 2 aliphatic rings. The van der Waals surface area contributed by atoms with Gasteiger partial charge in [-0.15, -0.1) is 0 Å². The van der Waals surface area contributed by atoms with Gasteiger partial charge >= 0.3 is 0 Å². The third-order valence-corrected chi connectivity index (χ3v) is 10.2. The highest BCUT2D eigenvalue weighted by Gasteiger charge is 2.45. The van der Waals surface area contributed by atoms with Crippen LogP contribution in [-0.2, 0) is 44.6 Å². The summed E-state index contributed by atoms with van der Waals surface area (Å²) in [5.41, 5.74) is 4.71. The minimum atomic E-state index is -1.02. The summed E-state index contributed by atoms with van der Waals surface area (Å²) in [5.74, 6) is -1.93. The van der Waals surface area contributed by atoms with Gasteiger partial charge in [-0.1, -0.05) is 13.0 Å². The van der Waals surface area contributed by atoms with E-state index in [9.17, 15) is 24.0 Å². The molecule has 20 heteroatoms. The fraction of sp³-hybridized carbons (Fsp3) is 0.409. The zero-order valence-corrected chi connectivity index (χ0v) is 35.6. The van der Waals surface area contributed by atoms with Crippen molar-refractivity contribution in [1.29, 1.82) is 0 Å². The molecule has 1 fully saturated rings. The number of hydrogen-bond acceptors (Lipinski definition) is 15. The van der Waals surface area contributed by atoms with Gasteiger partial charge in [0.2, 0.25) is 23.7 Å². The number of ether oxygens (including phenoxy) is 5. The molecular formula is C44H52N10O10. The molecule has 1 atom stereocenters.